The molecule has 4 rings (SSSR count). The minimum Gasteiger partial charge on any atom is -0.493 e. The molecule has 1 aliphatic heterocycles. The van der Waals surface area contributed by atoms with Gasteiger partial charge in [0, 0.05) is 46.9 Å². The van der Waals surface area contributed by atoms with Crippen LogP contribution in [-0.2, 0) is 0 Å². The van der Waals surface area contributed by atoms with Crippen molar-refractivity contribution in [1.82, 2.24) is 14.9 Å². The molecule has 1 aromatic heterocycles. The van der Waals surface area contributed by atoms with Crippen LogP contribution >= 0.6 is 34.8 Å². The van der Waals surface area contributed by atoms with Gasteiger partial charge in [-0.2, -0.15) is 0 Å². The Morgan fingerprint density at radius 2 is 1.67 bits per heavy atom. The molecule has 1 saturated heterocycles. The van der Waals surface area contributed by atoms with Gasteiger partial charge in [0.2, 0.25) is 0 Å². The monoisotopic (exact) mass is 535 g/mol. The quantitative estimate of drug-likeness (QED) is 0.401. The lowest BCUT2D eigenvalue weighted by atomic mass is 10.2. The van der Waals surface area contributed by atoms with Gasteiger partial charge in [-0.25, -0.2) is 9.97 Å². The number of nitrogens with one attached hydrogen (secondary N) is 1. The average molecular weight is 535 g/mol. The summed E-state index contributed by atoms with van der Waals surface area (Å²) in [6.45, 7) is 3.26. The van der Waals surface area contributed by atoms with Gasteiger partial charge in [-0.3, -0.25) is 0 Å². The summed E-state index contributed by atoms with van der Waals surface area (Å²) >= 11 is 7.91. The van der Waals surface area contributed by atoms with Crippen molar-refractivity contribution in [2.45, 2.75) is 0 Å². The first kappa shape index (κ1) is 20.9. The van der Waals surface area contributed by atoms with Gasteiger partial charge in [-0.15, -0.1) is 0 Å². The summed E-state index contributed by atoms with van der Waals surface area (Å²) in [4.78, 5) is 13.4. The summed E-state index contributed by atoms with van der Waals surface area (Å²) in [5.41, 5.74) is 1.83. The van der Waals surface area contributed by atoms with Gasteiger partial charge in [0.15, 0.2) is 16.6 Å². The Balaban J connectivity index is 1.48. The summed E-state index contributed by atoms with van der Waals surface area (Å²) in [6, 6.07) is 12.0. The van der Waals surface area contributed by atoms with E-state index >= 15 is 0 Å². The molecule has 0 bridgehead atoms. The molecule has 0 spiro atoms. The molecule has 2 aromatic carbocycles. The maximum absolute atomic E-state index is 5.62. The highest BCUT2D eigenvalue weighted by atomic mass is 127. The minimum atomic E-state index is 0.659. The van der Waals surface area contributed by atoms with Gasteiger partial charge in [0.05, 0.1) is 19.7 Å². The van der Waals surface area contributed by atoms with Gasteiger partial charge in [0.25, 0.3) is 0 Å². The number of piperazine rings is 1. The largest absolute Gasteiger partial charge is 0.493 e. The van der Waals surface area contributed by atoms with Gasteiger partial charge in [-0.05, 0) is 65.1 Å². The maximum atomic E-state index is 5.62. The van der Waals surface area contributed by atoms with E-state index in [9.17, 15) is 0 Å². The lowest BCUT2D eigenvalue weighted by Crippen LogP contribution is -2.50. The Bertz CT molecular complexity index is 1060. The Morgan fingerprint density at radius 3 is 2.33 bits per heavy atom. The minimum absolute atomic E-state index is 0.659. The van der Waals surface area contributed by atoms with Gasteiger partial charge in [0.1, 0.15) is 12.1 Å². The van der Waals surface area contributed by atoms with Crippen molar-refractivity contribution >= 4 is 62.3 Å². The number of fused-ring (bicyclic) bond motifs is 1. The first-order valence-electron chi connectivity index (χ1n) is 9.52. The van der Waals surface area contributed by atoms with Crippen LogP contribution in [0.1, 0.15) is 0 Å². The molecule has 0 unspecified atom stereocenters. The Labute approximate surface area is 194 Å². The number of ether oxygens (including phenoxy) is 2. The second-order valence-corrected chi connectivity index (χ2v) is 8.47. The molecular formula is C21H22IN5O2S. The van der Waals surface area contributed by atoms with Crippen molar-refractivity contribution in [3.05, 3.63) is 46.3 Å². The fourth-order valence-electron chi connectivity index (χ4n) is 3.48. The highest BCUT2D eigenvalue weighted by Gasteiger charge is 2.22. The molecule has 2 heterocycles. The van der Waals surface area contributed by atoms with Crippen LogP contribution in [0.5, 0.6) is 11.5 Å². The van der Waals surface area contributed by atoms with E-state index in [0.717, 1.165) is 53.7 Å². The maximum Gasteiger partial charge on any atom is 0.173 e. The normalized spacial score (nSPS) is 14.0. The van der Waals surface area contributed by atoms with Crippen LogP contribution < -0.4 is 19.7 Å². The molecule has 9 heteroatoms. The van der Waals surface area contributed by atoms with Gasteiger partial charge in [-0.1, -0.05) is 0 Å². The summed E-state index contributed by atoms with van der Waals surface area (Å²) in [5, 5.41) is 5.02. The second kappa shape index (κ2) is 9.17. The third kappa shape index (κ3) is 4.36. The zero-order valence-electron chi connectivity index (χ0n) is 16.8. The number of rotatable bonds is 4. The number of nitrogens with zero attached hydrogens (tertiary/aromatic N) is 4. The van der Waals surface area contributed by atoms with Crippen LogP contribution in [0.2, 0.25) is 0 Å². The fraction of sp³-hybridized carbons (Fsp3) is 0.286. The van der Waals surface area contributed by atoms with E-state index in [-0.39, 0.29) is 0 Å². The molecule has 1 N–H and O–H groups in total. The van der Waals surface area contributed by atoms with Crippen LogP contribution in [0.4, 0.5) is 11.5 Å². The van der Waals surface area contributed by atoms with Crippen LogP contribution in [0.15, 0.2) is 42.7 Å². The van der Waals surface area contributed by atoms with Crippen molar-refractivity contribution < 1.29 is 9.47 Å². The number of hydrogen-bond donors (Lipinski definition) is 1. The third-order valence-corrected chi connectivity index (χ3v) is 6.16. The van der Waals surface area contributed by atoms with E-state index in [1.807, 2.05) is 24.3 Å². The molecule has 1 fully saturated rings. The summed E-state index contributed by atoms with van der Waals surface area (Å²) < 4.78 is 12.1. The smallest absolute Gasteiger partial charge is 0.173 e. The number of anilines is 2. The number of hydrogen-bond acceptors (Lipinski definition) is 6. The topological polar surface area (TPSA) is 62.8 Å². The van der Waals surface area contributed by atoms with Crippen molar-refractivity contribution in [2.24, 2.45) is 0 Å². The second-order valence-electron chi connectivity index (χ2n) is 6.83. The molecule has 0 radical (unpaired) electrons. The van der Waals surface area contributed by atoms with Crippen LogP contribution in [-0.4, -0.2) is 60.4 Å². The van der Waals surface area contributed by atoms with Crippen molar-refractivity contribution in [3.8, 4) is 11.5 Å². The first-order valence-corrected chi connectivity index (χ1v) is 11.0. The van der Waals surface area contributed by atoms with Crippen molar-refractivity contribution in [2.75, 3.05) is 50.6 Å². The molecule has 156 valence electrons. The summed E-state index contributed by atoms with van der Waals surface area (Å²) in [7, 11) is 3.26. The number of halogens is 1. The van der Waals surface area contributed by atoms with Gasteiger partial charge < -0.3 is 24.6 Å². The SMILES string of the molecule is COc1cc2ncnc(N3CCN(C(=S)Nc4ccc(I)cc4)CC3)c2cc1OC. The standard InChI is InChI=1S/C21H22IN5O2S/c1-28-18-11-16-17(12-19(18)29-2)23-13-24-20(16)26-7-9-27(10-8-26)21(30)25-15-5-3-14(22)4-6-15/h3-6,11-13H,7-10H2,1-2H3,(H,25,30). The molecule has 7 nitrogen and oxygen atoms in total. The van der Waals surface area contributed by atoms with Crippen molar-refractivity contribution in [1.29, 1.82) is 0 Å². The zero-order valence-corrected chi connectivity index (χ0v) is 19.7. The van der Waals surface area contributed by atoms with Crippen LogP contribution in [0.25, 0.3) is 10.9 Å². The Kier molecular flexibility index (Phi) is 6.38. The molecule has 30 heavy (non-hydrogen) atoms. The highest BCUT2D eigenvalue weighted by molar-refractivity contribution is 14.1. The van der Waals surface area contributed by atoms with E-state index in [0.29, 0.717) is 11.5 Å². The van der Waals surface area contributed by atoms with E-state index in [4.69, 9.17) is 21.7 Å². The zero-order chi connectivity index (χ0) is 21.1. The number of aromatic nitrogens is 2. The van der Waals surface area contributed by atoms with E-state index < -0.39 is 0 Å². The number of benzene rings is 2. The first-order chi connectivity index (χ1) is 14.6. The van der Waals surface area contributed by atoms with Gasteiger partial charge >= 0.3 is 0 Å². The molecule has 1 aliphatic rings. The predicted molar refractivity (Wildman–Crippen MR) is 132 cm³/mol. The third-order valence-electron chi connectivity index (χ3n) is 5.08. The average Bonchev–Trinajstić information content (AvgIpc) is 2.79. The highest BCUT2D eigenvalue weighted by Crippen LogP contribution is 2.34. The Morgan fingerprint density at radius 1 is 1.00 bits per heavy atom. The molecular weight excluding hydrogens is 513 g/mol. The molecule has 0 aliphatic carbocycles. The molecule has 3 aromatic rings. The number of methoxy groups -OCH3 is 2. The predicted octanol–water partition coefficient (Wildman–Crippen LogP) is 3.77. The number of thiocarbonyl (C=S) groups is 1. The lowest BCUT2D eigenvalue weighted by Gasteiger charge is -2.37. The summed E-state index contributed by atoms with van der Waals surface area (Å²) in [6.07, 6.45) is 1.60. The fourth-order valence-corrected chi connectivity index (χ4v) is 4.14. The Hall–Kier alpha value is -2.40. The molecule has 0 saturated carbocycles. The van der Waals surface area contributed by atoms with E-state index in [1.54, 1.807) is 20.5 Å². The van der Waals surface area contributed by atoms with E-state index in [1.165, 1.54) is 3.57 Å². The van der Waals surface area contributed by atoms with Crippen LogP contribution in [0, 0.1) is 3.57 Å². The molecule has 0 amide bonds. The van der Waals surface area contributed by atoms with Crippen LogP contribution in [0.3, 0.4) is 0 Å². The van der Waals surface area contributed by atoms with E-state index in [2.05, 4.69) is 59.8 Å². The summed E-state index contributed by atoms with van der Waals surface area (Å²) in [5.74, 6) is 2.23. The lowest BCUT2D eigenvalue weighted by molar-refractivity contribution is 0.355. The molecule has 0 atom stereocenters. The van der Waals surface area contributed by atoms with Crippen molar-refractivity contribution in [3.63, 3.8) is 0 Å².